The van der Waals surface area contributed by atoms with E-state index in [9.17, 15) is 4.79 Å². The van der Waals surface area contributed by atoms with Crippen LogP contribution in [0.2, 0.25) is 0 Å². The Kier molecular flexibility index (Phi) is 5.70. The Labute approximate surface area is 171 Å². The largest absolute Gasteiger partial charge is 0.368 e. The Hall–Kier alpha value is -3.41. The standard InChI is InChI=1S/C23H25N5O/c1-18-4-2-6-21(14-18)27-10-12-28(13-11-27)23(29)20-7-8-22(26-17-20)25-16-19-5-3-9-24-15-19/h2-9,14-15,17H,10-13,16H2,1H3,(H,25,26). The molecule has 0 unspecified atom stereocenters. The van der Waals surface area contributed by atoms with Crippen molar-refractivity contribution in [3.05, 3.63) is 83.8 Å². The van der Waals surface area contributed by atoms with E-state index >= 15 is 0 Å². The van der Waals surface area contributed by atoms with Gasteiger partial charge in [-0.1, -0.05) is 18.2 Å². The molecule has 0 saturated carbocycles. The normalized spacial score (nSPS) is 14.0. The van der Waals surface area contributed by atoms with E-state index in [-0.39, 0.29) is 5.91 Å². The van der Waals surface area contributed by atoms with Crippen molar-refractivity contribution in [1.29, 1.82) is 0 Å². The highest BCUT2D eigenvalue weighted by atomic mass is 16.2. The van der Waals surface area contributed by atoms with E-state index in [4.69, 9.17) is 0 Å². The zero-order chi connectivity index (χ0) is 20.1. The number of amides is 1. The highest BCUT2D eigenvalue weighted by Crippen LogP contribution is 2.19. The summed E-state index contributed by atoms with van der Waals surface area (Å²) in [6, 6.07) is 16.1. The molecule has 0 atom stereocenters. The minimum Gasteiger partial charge on any atom is -0.368 e. The second-order valence-electron chi connectivity index (χ2n) is 7.27. The molecule has 1 amide bonds. The fourth-order valence-corrected chi connectivity index (χ4v) is 3.50. The van der Waals surface area contributed by atoms with Gasteiger partial charge >= 0.3 is 0 Å². The van der Waals surface area contributed by atoms with Crippen molar-refractivity contribution in [2.75, 3.05) is 36.4 Å². The van der Waals surface area contributed by atoms with E-state index in [1.807, 2.05) is 35.4 Å². The Morgan fingerprint density at radius 3 is 2.59 bits per heavy atom. The van der Waals surface area contributed by atoms with Gasteiger partial charge < -0.3 is 15.1 Å². The monoisotopic (exact) mass is 387 g/mol. The van der Waals surface area contributed by atoms with Crippen molar-refractivity contribution < 1.29 is 4.79 Å². The first kappa shape index (κ1) is 18.9. The molecule has 0 spiro atoms. The molecule has 1 aliphatic rings. The summed E-state index contributed by atoms with van der Waals surface area (Å²) >= 11 is 0. The highest BCUT2D eigenvalue weighted by molar-refractivity contribution is 5.94. The SMILES string of the molecule is Cc1cccc(N2CCN(C(=O)c3ccc(NCc4cccnc4)nc3)CC2)c1. The fraction of sp³-hybridized carbons (Fsp3) is 0.261. The zero-order valence-corrected chi connectivity index (χ0v) is 16.6. The number of hydrogen-bond acceptors (Lipinski definition) is 5. The molecule has 1 aromatic carbocycles. The van der Waals surface area contributed by atoms with E-state index in [2.05, 4.69) is 51.4 Å². The Morgan fingerprint density at radius 1 is 1.03 bits per heavy atom. The summed E-state index contributed by atoms with van der Waals surface area (Å²) in [6.45, 7) is 5.86. The maximum Gasteiger partial charge on any atom is 0.255 e. The third kappa shape index (κ3) is 4.71. The number of aromatic nitrogens is 2. The first-order valence-electron chi connectivity index (χ1n) is 9.89. The molecule has 2 aromatic heterocycles. The maximum absolute atomic E-state index is 12.8. The van der Waals surface area contributed by atoms with Crippen LogP contribution in [0, 0.1) is 6.92 Å². The lowest BCUT2D eigenvalue weighted by Crippen LogP contribution is -2.48. The van der Waals surface area contributed by atoms with Crippen LogP contribution in [-0.4, -0.2) is 47.0 Å². The molecule has 1 fully saturated rings. The van der Waals surface area contributed by atoms with Crippen LogP contribution < -0.4 is 10.2 Å². The number of anilines is 2. The van der Waals surface area contributed by atoms with Crippen LogP contribution in [0.4, 0.5) is 11.5 Å². The third-order valence-corrected chi connectivity index (χ3v) is 5.14. The van der Waals surface area contributed by atoms with E-state index in [0.717, 1.165) is 24.5 Å². The van der Waals surface area contributed by atoms with Crippen molar-refractivity contribution in [2.24, 2.45) is 0 Å². The lowest BCUT2D eigenvalue weighted by molar-refractivity contribution is 0.0746. The number of rotatable bonds is 5. The summed E-state index contributed by atoms with van der Waals surface area (Å²) < 4.78 is 0. The molecular formula is C23H25N5O. The summed E-state index contributed by atoms with van der Waals surface area (Å²) in [4.78, 5) is 25.6. The number of piperazine rings is 1. The van der Waals surface area contributed by atoms with Crippen molar-refractivity contribution >= 4 is 17.4 Å². The van der Waals surface area contributed by atoms with Crippen LogP contribution in [0.1, 0.15) is 21.5 Å². The summed E-state index contributed by atoms with van der Waals surface area (Å²) in [7, 11) is 0. The molecule has 1 saturated heterocycles. The zero-order valence-electron chi connectivity index (χ0n) is 16.6. The van der Waals surface area contributed by atoms with Gasteiger partial charge in [0.2, 0.25) is 0 Å². The number of benzene rings is 1. The number of carbonyl (C=O) groups is 1. The molecule has 3 heterocycles. The number of nitrogens with zero attached hydrogens (tertiary/aromatic N) is 4. The lowest BCUT2D eigenvalue weighted by atomic mass is 10.1. The average Bonchev–Trinajstić information content (AvgIpc) is 2.78. The topological polar surface area (TPSA) is 61.4 Å². The van der Waals surface area contributed by atoms with Gasteiger partial charge in [-0.05, 0) is 48.4 Å². The predicted molar refractivity (Wildman–Crippen MR) is 115 cm³/mol. The van der Waals surface area contributed by atoms with Gasteiger partial charge in [0, 0.05) is 57.0 Å². The molecule has 29 heavy (non-hydrogen) atoms. The highest BCUT2D eigenvalue weighted by Gasteiger charge is 2.22. The van der Waals surface area contributed by atoms with E-state index in [0.29, 0.717) is 25.2 Å². The van der Waals surface area contributed by atoms with Crippen molar-refractivity contribution in [3.8, 4) is 0 Å². The van der Waals surface area contributed by atoms with Crippen LogP contribution in [0.25, 0.3) is 0 Å². The van der Waals surface area contributed by atoms with Gasteiger partial charge in [0.15, 0.2) is 0 Å². The van der Waals surface area contributed by atoms with Crippen LogP contribution in [0.5, 0.6) is 0 Å². The molecule has 1 aliphatic heterocycles. The number of pyridine rings is 2. The average molecular weight is 387 g/mol. The maximum atomic E-state index is 12.8. The van der Waals surface area contributed by atoms with Gasteiger partial charge in [-0.15, -0.1) is 0 Å². The van der Waals surface area contributed by atoms with Crippen LogP contribution in [0.15, 0.2) is 67.1 Å². The second-order valence-corrected chi connectivity index (χ2v) is 7.27. The minimum absolute atomic E-state index is 0.0419. The third-order valence-electron chi connectivity index (χ3n) is 5.14. The first-order valence-corrected chi connectivity index (χ1v) is 9.89. The smallest absolute Gasteiger partial charge is 0.255 e. The van der Waals surface area contributed by atoms with Gasteiger partial charge in [0.25, 0.3) is 5.91 Å². The Bertz CT molecular complexity index is 951. The predicted octanol–water partition coefficient (Wildman–Crippen LogP) is 3.36. The summed E-state index contributed by atoms with van der Waals surface area (Å²) in [5.74, 6) is 0.787. The van der Waals surface area contributed by atoms with E-state index in [1.54, 1.807) is 12.4 Å². The number of nitrogens with one attached hydrogen (secondary N) is 1. The molecule has 6 nitrogen and oxygen atoms in total. The number of aryl methyl sites for hydroxylation is 1. The molecular weight excluding hydrogens is 362 g/mol. The second kappa shape index (κ2) is 8.73. The van der Waals surface area contributed by atoms with Crippen molar-refractivity contribution in [2.45, 2.75) is 13.5 Å². The molecule has 148 valence electrons. The lowest BCUT2D eigenvalue weighted by Gasteiger charge is -2.36. The van der Waals surface area contributed by atoms with Crippen LogP contribution >= 0.6 is 0 Å². The van der Waals surface area contributed by atoms with Crippen molar-refractivity contribution in [3.63, 3.8) is 0 Å². The molecule has 0 radical (unpaired) electrons. The number of carbonyl (C=O) groups excluding carboxylic acids is 1. The Morgan fingerprint density at radius 2 is 1.90 bits per heavy atom. The molecule has 4 rings (SSSR count). The van der Waals surface area contributed by atoms with Crippen molar-refractivity contribution in [1.82, 2.24) is 14.9 Å². The summed E-state index contributed by atoms with van der Waals surface area (Å²) in [6.07, 6.45) is 5.23. The van der Waals surface area contributed by atoms with Crippen LogP contribution in [0.3, 0.4) is 0 Å². The van der Waals surface area contributed by atoms with Gasteiger partial charge in [0.05, 0.1) is 5.56 Å². The van der Waals surface area contributed by atoms with Gasteiger partial charge in [-0.2, -0.15) is 0 Å². The summed E-state index contributed by atoms with van der Waals surface area (Å²) in [5, 5.41) is 3.25. The van der Waals surface area contributed by atoms with Gasteiger partial charge in [-0.25, -0.2) is 4.98 Å². The fourth-order valence-electron chi connectivity index (χ4n) is 3.50. The summed E-state index contributed by atoms with van der Waals surface area (Å²) in [5.41, 5.74) is 4.19. The molecule has 1 N–H and O–H groups in total. The quantitative estimate of drug-likeness (QED) is 0.727. The van der Waals surface area contributed by atoms with E-state index in [1.165, 1.54) is 11.3 Å². The van der Waals surface area contributed by atoms with E-state index < -0.39 is 0 Å². The Balaban J connectivity index is 1.31. The van der Waals surface area contributed by atoms with Gasteiger partial charge in [0.1, 0.15) is 5.82 Å². The number of hydrogen-bond donors (Lipinski definition) is 1. The van der Waals surface area contributed by atoms with Gasteiger partial charge in [-0.3, -0.25) is 9.78 Å². The molecule has 0 bridgehead atoms. The van der Waals surface area contributed by atoms with Crippen LogP contribution in [-0.2, 0) is 6.54 Å². The molecule has 6 heteroatoms. The molecule has 3 aromatic rings. The first-order chi connectivity index (χ1) is 14.2. The minimum atomic E-state index is 0.0419. The molecule has 0 aliphatic carbocycles.